The number of benzene rings is 2. The van der Waals surface area contributed by atoms with E-state index in [1.54, 1.807) is 13.2 Å². The van der Waals surface area contributed by atoms with E-state index in [2.05, 4.69) is 44.2 Å². The molecule has 0 radical (unpaired) electrons. The van der Waals surface area contributed by atoms with E-state index in [0.29, 0.717) is 29.3 Å². The van der Waals surface area contributed by atoms with Gasteiger partial charge in [-0.25, -0.2) is 9.37 Å². The Morgan fingerprint density at radius 1 is 1.16 bits per heavy atom. The number of hydrogen-bond acceptors (Lipinski definition) is 7. The monoisotopic (exact) mass is 506 g/mol. The first-order valence-corrected chi connectivity index (χ1v) is 13.0. The van der Waals surface area contributed by atoms with Gasteiger partial charge in [0.15, 0.2) is 5.82 Å². The molecule has 9 heteroatoms. The predicted octanol–water partition coefficient (Wildman–Crippen LogP) is 4.84. The van der Waals surface area contributed by atoms with Crippen LogP contribution in [0.3, 0.4) is 0 Å². The van der Waals surface area contributed by atoms with E-state index in [-0.39, 0.29) is 11.8 Å². The van der Waals surface area contributed by atoms with Crippen LogP contribution in [0.15, 0.2) is 36.4 Å². The number of anilines is 2. The molecule has 0 bridgehead atoms. The Labute approximate surface area is 216 Å². The molecule has 0 aliphatic carbocycles. The van der Waals surface area contributed by atoms with E-state index >= 15 is 0 Å². The van der Waals surface area contributed by atoms with Gasteiger partial charge in [0.25, 0.3) is 0 Å². The van der Waals surface area contributed by atoms with Gasteiger partial charge in [-0.05, 0) is 55.2 Å². The molecule has 2 aromatic heterocycles. The van der Waals surface area contributed by atoms with E-state index in [0.717, 1.165) is 74.3 Å². The number of nitrogens with zero attached hydrogens (tertiary/aromatic N) is 3. The van der Waals surface area contributed by atoms with Crippen molar-refractivity contribution in [2.45, 2.75) is 51.7 Å². The number of nitrogen functional groups attached to an aromatic ring is 1. The van der Waals surface area contributed by atoms with Crippen molar-refractivity contribution in [3.63, 3.8) is 0 Å². The van der Waals surface area contributed by atoms with Crippen molar-refractivity contribution in [2.75, 3.05) is 37.9 Å². The van der Waals surface area contributed by atoms with Gasteiger partial charge in [0.05, 0.1) is 19.2 Å². The highest BCUT2D eigenvalue weighted by molar-refractivity contribution is 6.09. The molecule has 0 amide bonds. The molecule has 1 fully saturated rings. The number of methoxy groups -OCH3 is 1. The first-order chi connectivity index (χ1) is 18.1. The van der Waals surface area contributed by atoms with Crippen LogP contribution in [0.2, 0.25) is 0 Å². The van der Waals surface area contributed by atoms with Crippen molar-refractivity contribution in [1.29, 1.82) is 0 Å². The fourth-order valence-electron chi connectivity index (χ4n) is 5.04. The second kappa shape index (κ2) is 11.3. The third-order valence-electron chi connectivity index (χ3n) is 6.99. The highest BCUT2D eigenvalue weighted by Crippen LogP contribution is 2.34. The normalized spacial score (nSPS) is 14.5. The van der Waals surface area contributed by atoms with Crippen molar-refractivity contribution in [2.24, 2.45) is 0 Å². The number of nitrogens with two attached hydrogens (primary N) is 1. The molecular weight excluding hydrogens is 471 g/mol. The highest BCUT2D eigenvalue weighted by Gasteiger charge is 2.20. The van der Waals surface area contributed by atoms with Gasteiger partial charge in [-0.3, -0.25) is 0 Å². The number of ether oxygens (including phenoxy) is 2. The predicted molar refractivity (Wildman–Crippen MR) is 146 cm³/mol. The van der Waals surface area contributed by atoms with Crippen LogP contribution in [0.25, 0.3) is 21.9 Å². The Balaban J connectivity index is 1.56. The van der Waals surface area contributed by atoms with E-state index < -0.39 is 0 Å². The molecule has 0 unspecified atom stereocenters. The van der Waals surface area contributed by atoms with Gasteiger partial charge in [0, 0.05) is 43.3 Å². The van der Waals surface area contributed by atoms with Gasteiger partial charge < -0.3 is 30.4 Å². The third kappa shape index (κ3) is 5.47. The zero-order valence-corrected chi connectivity index (χ0v) is 21.5. The number of nitrogens with one attached hydrogen (secondary N) is 2. The van der Waals surface area contributed by atoms with Gasteiger partial charge in [-0.15, -0.1) is 0 Å². The maximum atomic E-state index is 14.3. The maximum Gasteiger partial charge on any atom is 0.222 e. The summed E-state index contributed by atoms with van der Waals surface area (Å²) < 4.78 is 27.7. The van der Waals surface area contributed by atoms with Crippen LogP contribution < -0.4 is 21.1 Å². The number of unbranched alkanes of at least 4 members (excludes halogenated alkanes) is 1. The van der Waals surface area contributed by atoms with Crippen molar-refractivity contribution in [3.8, 4) is 5.75 Å². The lowest BCUT2D eigenvalue weighted by Gasteiger charge is -2.23. The van der Waals surface area contributed by atoms with Gasteiger partial charge in [0.1, 0.15) is 22.6 Å². The molecule has 1 aliphatic rings. The molecule has 2 aromatic carbocycles. The second-order valence-corrected chi connectivity index (χ2v) is 9.57. The standard InChI is InChI=1S/C28H35FN6O2/c1-3-4-11-31-27-26-25(33-28(30)34-27)22-15-20(29)6-7-23(22)35(26)17-19-14-18(5-8-24(19)36-2)16-32-21-9-12-37-13-10-21/h5-8,14-15,21,32H,3-4,9-13,16-17H2,1-2H3,(H3,30,31,33,34). The van der Waals surface area contributed by atoms with Crippen LogP contribution in [0.5, 0.6) is 5.75 Å². The lowest BCUT2D eigenvalue weighted by atomic mass is 10.1. The van der Waals surface area contributed by atoms with Crippen molar-refractivity contribution < 1.29 is 13.9 Å². The zero-order chi connectivity index (χ0) is 25.8. The number of fused-ring (bicyclic) bond motifs is 3. The molecule has 196 valence electrons. The maximum absolute atomic E-state index is 14.3. The summed E-state index contributed by atoms with van der Waals surface area (Å²) in [6, 6.07) is 11.5. The Morgan fingerprint density at radius 3 is 2.78 bits per heavy atom. The Morgan fingerprint density at radius 2 is 2.00 bits per heavy atom. The lowest BCUT2D eigenvalue weighted by Crippen LogP contribution is -2.34. The molecule has 4 aromatic rings. The van der Waals surface area contributed by atoms with Crippen molar-refractivity contribution in [1.82, 2.24) is 19.9 Å². The van der Waals surface area contributed by atoms with E-state index in [4.69, 9.17) is 15.2 Å². The van der Waals surface area contributed by atoms with Crippen molar-refractivity contribution >= 4 is 33.7 Å². The van der Waals surface area contributed by atoms with Gasteiger partial charge in [-0.1, -0.05) is 19.4 Å². The topological polar surface area (TPSA) is 99.2 Å². The average Bonchev–Trinajstić information content (AvgIpc) is 3.20. The lowest BCUT2D eigenvalue weighted by molar-refractivity contribution is 0.0776. The Hall–Kier alpha value is -3.43. The molecule has 0 saturated carbocycles. The van der Waals surface area contributed by atoms with Crippen molar-refractivity contribution in [3.05, 3.63) is 53.3 Å². The van der Waals surface area contributed by atoms with E-state index in [9.17, 15) is 4.39 Å². The molecule has 1 saturated heterocycles. The van der Waals surface area contributed by atoms with Crippen LogP contribution >= 0.6 is 0 Å². The highest BCUT2D eigenvalue weighted by atomic mass is 19.1. The molecule has 4 N–H and O–H groups in total. The number of rotatable bonds is 10. The van der Waals surface area contributed by atoms with Crippen LogP contribution in [0, 0.1) is 5.82 Å². The molecular formula is C28H35FN6O2. The summed E-state index contributed by atoms with van der Waals surface area (Å²) in [6.45, 7) is 5.79. The summed E-state index contributed by atoms with van der Waals surface area (Å²) in [4.78, 5) is 9.05. The average molecular weight is 507 g/mol. The van der Waals surface area contributed by atoms with E-state index in [1.807, 2.05) is 6.07 Å². The second-order valence-electron chi connectivity index (χ2n) is 9.57. The largest absolute Gasteiger partial charge is 0.496 e. The van der Waals surface area contributed by atoms with Crippen LogP contribution in [0.1, 0.15) is 43.7 Å². The Kier molecular flexibility index (Phi) is 7.71. The molecule has 1 aliphatic heterocycles. The summed E-state index contributed by atoms with van der Waals surface area (Å²) in [5.74, 6) is 1.30. The summed E-state index contributed by atoms with van der Waals surface area (Å²) in [5.41, 5.74) is 10.6. The third-order valence-corrected chi connectivity index (χ3v) is 6.99. The number of halogens is 1. The molecule has 37 heavy (non-hydrogen) atoms. The molecule has 0 atom stereocenters. The summed E-state index contributed by atoms with van der Waals surface area (Å²) >= 11 is 0. The fraction of sp³-hybridized carbons (Fsp3) is 0.429. The van der Waals surface area contributed by atoms with Crippen LogP contribution in [-0.4, -0.2) is 47.4 Å². The summed E-state index contributed by atoms with van der Waals surface area (Å²) in [7, 11) is 1.68. The minimum atomic E-state index is -0.317. The van der Waals surface area contributed by atoms with Gasteiger partial charge in [0.2, 0.25) is 5.95 Å². The van der Waals surface area contributed by atoms with E-state index in [1.165, 1.54) is 17.7 Å². The smallest absolute Gasteiger partial charge is 0.222 e. The number of hydrogen-bond donors (Lipinski definition) is 3. The molecule has 3 heterocycles. The van der Waals surface area contributed by atoms with Crippen LogP contribution in [-0.2, 0) is 17.8 Å². The summed E-state index contributed by atoms with van der Waals surface area (Å²) in [6.07, 6.45) is 4.10. The Bertz CT molecular complexity index is 1380. The first-order valence-electron chi connectivity index (χ1n) is 13.0. The van der Waals surface area contributed by atoms with Crippen LogP contribution in [0.4, 0.5) is 16.2 Å². The molecule has 8 nitrogen and oxygen atoms in total. The van der Waals surface area contributed by atoms with Gasteiger partial charge in [-0.2, -0.15) is 4.98 Å². The minimum absolute atomic E-state index is 0.161. The number of aromatic nitrogens is 3. The minimum Gasteiger partial charge on any atom is -0.496 e. The zero-order valence-electron chi connectivity index (χ0n) is 21.5. The molecule has 0 spiro atoms. The molecule has 5 rings (SSSR count). The summed E-state index contributed by atoms with van der Waals surface area (Å²) in [5, 5.41) is 7.80. The van der Waals surface area contributed by atoms with Gasteiger partial charge >= 0.3 is 0 Å². The SMILES string of the molecule is CCCCNc1nc(N)nc2c3cc(F)ccc3n(Cc3cc(CNC4CCOCC4)ccc3OC)c12. The first kappa shape index (κ1) is 25.2. The quantitative estimate of drug-likeness (QED) is 0.265. The fourth-order valence-corrected chi connectivity index (χ4v) is 5.04.